The van der Waals surface area contributed by atoms with E-state index in [1.54, 1.807) is 23.5 Å². The van der Waals surface area contributed by atoms with Crippen molar-refractivity contribution in [1.29, 1.82) is 0 Å². The minimum atomic E-state index is -0.300. The first-order valence-corrected chi connectivity index (χ1v) is 9.52. The summed E-state index contributed by atoms with van der Waals surface area (Å²) in [5, 5.41) is 11.3. The van der Waals surface area contributed by atoms with Crippen molar-refractivity contribution in [1.82, 2.24) is 16.0 Å². The number of hydrogen-bond donors (Lipinski definition) is 3. The molecule has 0 saturated carbocycles. The van der Waals surface area contributed by atoms with Gasteiger partial charge in [-0.2, -0.15) is 0 Å². The summed E-state index contributed by atoms with van der Waals surface area (Å²) in [6.45, 7) is 6.56. The van der Waals surface area contributed by atoms with Gasteiger partial charge in [-0.1, -0.05) is 12.1 Å². The third-order valence-corrected chi connectivity index (χ3v) is 4.72. The average Bonchev–Trinajstić information content (AvgIpc) is 3.03. The minimum absolute atomic E-state index is 0.0884. The highest BCUT2D eigenvalue weighted by Crippen LogP contribution is 2.16. The Kier molecular flexibility index (Phi) is 8.08. The quantitative estimate of drug-likeness (QED) is 0.377. The molecule has 1 aromatic heterocycles. The highest BCUT2D eigenvalue weighted by molar-refractivity contribution is 7.10. The van der Waals surface area contributed by atoms with Crippen LogP contribution in [0.5, 0.6) is 0 Å². The van der Waals surface area contributed by atoms with Gasteiger partial charge in [0.25, 0.3) is 0 Å². The number of benzene rings is 1. The maximum Gasteiger partial charge on any atom is 0.224 e. The summed E-state index contributed by atoms with van der Waals surface area (Å²) < 4.78 is 12.9. The van der Waals surface area contributed by atoms with Gasteiger partial charge >= 0.3 is 0 Å². The number of amides is 1. The molecule has 2 rings (SSSR count). The molecule has 0 aliphatic carbocycles. The molecule has 1 heterocycles. The molecule has 3 N–H and O–H groups in total. The third kappa shape index (κ3) is 6.84. The largest absolute Gasteiger partial charge is 0.357 e. The number of aryl methyl sites for hydroxylation is 1. The Morgan fingerprint density at radius 2 is 1.85 bits per heavy atom. The van der Waals surface area contributed by atoms with Crippen molar-refractivity contribution in [3.8, 4) is 0 Å². The lowest BCUT2D eigenvalue weighted by molar-refractivity contribution is -0.120. The zero-order valence-electron chi connectivity index (χ0n) is 15.1. The second kappa shape index (κ2) is 10.6. The molecule has 0 bridgehead atoms. The van der Waals surface area contributed by atoms with E-state index in [0.29, 0.717) is 19.6 Å². The van der Waals surface area contributed by atoms with Crippen molar-refractivity contribution in [2.75, 3.05) is 19.6 Å². The molecule has 1 aromatic carbocycles. The Balaban J connectivity index is 1.72. The predicted molar refractivity (Wildman–Crippen MR) is 105 cm³/mol. The van der Waals surface area contributed by atoms with Gasteiger partial charge in [0.2, 0.25) is 5.91 Å². The van der Waals surface area contributed by atoms with Crippen LogP contribution in [0.3, 0.4) is 0 Å². The van der Waals surface area contributed by atoms with Crippen LogP contribution in [0.2, 0.25) is 0 Å². The van der Waals surface area contributed by atoms with Crippen LogP contribution in [0, 0.1) is 12.7 Å². The molecule has 26 heavy (non-hydrogen) atoms. The van der Waals surface area contributed by atoms with Gasteiger partial charge in [0, 0.05) is 24.5 Å². The van der Waals surface area contributed by atoms with Gasteiger partial charge in [0.15, 0.2) is 5.96 Å². The van der Waals surface area contributed by atoms with Gasteiger partial charge in [0.05, 0.1) is 13.0 Å². The van der Waals surface area contributed by atoms with E-state index < -0.39 is 0 Å². The first-order chi connectivity index (χ1) is 12.6. The van der Waals surface area contributed by atoms with E-state index in [1.165, 1.54) is 22.6 Å². The number of nitrogens with one attached hydrogen (secondary N) is 3. The predicted octanol–water partition coefficient (Wildman–Crippen LogP) is 2.61. The molecule has 0 saturated heterocycles. The molecule has 0 aliphatic heterocycles. The molecule has 0 spiro atoms. The average molecular weight is 377 g/mol. The van der Waals surface area contributed by atoms with E-state index in [-0.39, 0.29) is 18.1 Å². The topological polar surface area (TPSA) is 65.5 Å². The maximum absolute atomic E-state index is 12.9. The molecule has 0 aliphatic rings. The van der Waals surface area contributed by atoms with Crippen molar-refractivity contribution < 1.29 is 9.18 Å². The summed E-state index contributed by atoms with van der Waals surface area (Å²) in [6.07, 6.45) is 0.242. The number of aliphatic imine (C=N–C) groups is 1. The number of thiophene rings is 1. The first-order valence-electron chi connectivity index (χ1n) is 8.64. The number of halogens is 1. The molecule has 7 heteroatoms. The van der Waals surface area contributed by atoms with Crippen LogP contribution in [0.1, 0.15) is 22.9 Å². The van der Waals surface area contributed by atoms with Crippen molar-refractivity contribution >= 4 is 23.2 Å². The highest BCUT2D eigenvalue weighted by Gasteiger charge is 2.04. The second-order valence-electron chi connectivity index (χ2n) is 5.80. The van der Waals surface area contributed by atoms with Crippen LogP contribution in [-0.2, 0) is 17.8 Å². The molecular weight excluding hydrogens is 351 g/mol. The summed E-state index contributed by atoms with van der Waals surface area (Å²) in [7, 11) is 0. The lowest BCUT2D eigenvalue weighted by Crippen LogP contribution is -2.41. The molecule has 5 nitrogen and oxygen atoms in total. The Hall–Kier alpha value is -2.41. The number of hydrogen-bond acceptors (Lipinski definition) is 3. The van der Waals surface area contributed by atoms with E-state index in [2.05, 4.69) is 39.3 Å². The number of carbonyl (C=O) groups is 1. The van der Waals surface area contributed by atoms with Crippen molar-refractivity contribution in [2.24, 2.45) is 4.99 Å². The van der Waals surface area contributed by atoms with Gasteiger partial charge in [0.1, 0.15) is 5.82 Å². The zero-order chi connectivity index (χ0) is 18.8. The number of nitrogens with zero attached hydrogens (tertiary/aromatic N) is 1. The van der Waals surface area contributed by atoms with Gasteiger partial charge in [-0.3, -0.25) is 4.79 Å². The fourth-order valence-corrected chi connectivity index (χ4v) is 3.12. The molecule has 0 fully saturated rings. The van der Waals surface area contributed by atoms with Crippen molar-refractivity contribution in [3.63, 3.8) is 0 Å². The second-order valence-corrected chi connectivity index (χ2v) is 6.80. The third-order valence-electron chi connectivity index (χ3n) is 3.71. The fraction of sp³-hybridized carbons (Fsp3) is 0.368. The van der Waals surface area contributed by atoms with Crippen LogP contribution in [0.4, 0.5) is 4.39 Å². The molecule has 140 valence electrons. The normalized spacial score (nSPS) is 11.3. The Bertz CT molecular complexity index is 727. The van der Waals surface area contributed by atoms with Gasteiger partial charge < -0.3 is 16.0 Å². The fourth-order valence-electron chi connectivity index (χ4n) is 2.29. The molecule has 1 amide bonds. The summed E-state index contributed by atoms with van der Waals surface area (Å²) in [5.74, 6) is 0.342. The monoisotopic (exact) mass is 376 g/mol. The first kappa shape index (κ1) is 19.9. The summed E-state index contributed by atoms with van der Waals surface area (Å²) in [4.78, 5) is 17.7. The van der Waals surface area contributed by atoms with Crippen LogP contribution in [0.15, 0.2) is 40.7 Å². The lowest BCUT2D eigenvalue weighted by atomic mass is 10.1. The number of guanidine groups is 1. The molecule has 2 aromatic rings. The van der Waals surface area contributed by atoms with Crippen LogP contribution in [-0.4, -0.2) is 31.5 Å². The van der Waals surface area contributed by atoms with Crippen LogP contribution in [0.25, 0.3) is 0 Å². The minimum Gasteiger partial charge on any atom is -0.357 e. The summed E-state index contributed by atoms with van der Waals surface area (Å²) >= 11 is 1.70. The van der Waals surface area contributed by atoms with E-state index in [1.807, 2.05) is 6.92 Å². The van der Waals surface area contributed by atoms with Crippen LogP contribution < -0.4 is 16.0 Å². The van der Waals surface area contributed by atoms with Crippen molar-refractivity contribution in [3.05, 3.63) is 57.5 Å². The SMILES string of the molecule is CCNC(=NCc1sccc1C)NCCNC(=O)Cc1ccc(F)cc1. The summed E-state index contributed by atoms with van der Waals surface area (Å²) in [5.41, 5.74) is 2.04. The van der Waals surface area contributed by atoms with E-state index in [9.17, 15) is 9.18 Å². The number of rotatable bonds is 8. The van der Waals surface area contributed by atoms with Crippen molar-refractivity contribution in [2.45, 2.75) is 26.8 Å². The van der Waals surface area contributed by atoms with Gasteiger partial charge in [-0.15, -0.1) is 11.3 Å². The summed E-state index contributed by atoms with van der Waals surface area (Å²) in [6, 6.07) is 8.05. The molecular formula is C19H25FN4OS. The lowest BCUT2D eigenvalue weighted by Gasteiger charge is -2.12. The van der Waals surface area contributed by atoms with Gasteiger partial charge in [-0.05, 0) is 48.6 Å². The smallest absolute Gasteiger partial charge is 0.224 e. The van der Waals surface area contributed by atoms with Gasteiger partial charge in [-0.25, -0.2) is 9.38 Å². The van der Waals surface area contributed by atoms with Crippen LogP contribution >= 0.6 is 11.3 Å². The maximum atomic E-state index is 12.9. The highest BCUT2D eigenvalue weighted by atomic mass is 32.1. The van der Waals surface area contributed by atoms with E-state index >= 15 is 0 Å². The molecule has 0 unspecified atom stereocenters. The van der Waals surface area contributed by atoms with E-state index in [0.717, 1.165) is 18.1 Å². The zero-order valence-corrected chi connectivity index (χ0v) is 16.0. The molecule has 0 radical (unpaired) electrons. The Labute approximate surface area is 157 Å². The molecule has 0 atom stereocenters. The van der Waals surface area contributed by atoms with E-state index in [4.69, 9.17) is 0 Å². The Morgan fingerprint density at radius 3 is 2.50 bits per heavy atom. The number of carbonyl (C=O) groups excluding carboxylic acids is 1. The standard InChI is InChI=1S/C19H25FN4OS/c1-3-21-19(24-13-17-14(2)8-11-26-17)23-10-9-22-18(25)12-15-4-6-16(20)7-5-15/h4-8,11H,3,9-10,12-13H2,1-2H3,(H,22,25)(H2,21,23,24). The Morgan fingerprint density at radius 1 is 1.12 bits per heavy atom.